The number of hydrogen-bond donors (Lipinski definition) is 3. The van der Waals surface area contributed by atoms with E-state index in [2.05, 4.69) is 56.4 Å². The highest BCUT2D eigenvalue weighted by Gasteiger charge is 2.31. The van der Waals surface area contributed by atoms with E-state index in [0.29, 0.717) is 0 Å². The number of aliphatic hydroxyl groups is 3. The summed E-state index contributed by atoms with van der Waals surface area (Å²) in [7, 11) is 17.4. The van der Waals surface area contributed by atoms with Gasteiger partial charge >= 0.3 is 0 Å². The maximum Gasteiger partial charge on any atom is 0.152 e. The number of likely N-dealkylation sites (N-methyl/N-ethyl adjacent to an activating group) is 4. The van der Waals surface area contributed by atoms with Gasteiger partial charge in [-0.15, -0.1) is 0 Å². The lowest BCUT2D eigenvalue weighted by Gasteiger charge is -2.39. The Hall–Kier alpha value is -0.280. The van der Waals surface area contributed by atoms with Gasteiger partial charge in [0.2, 0.25) is 0 Å². The third kappa shape index (κ3) is 13.9. The molecule has 7 heteroatoms. The summed E-state index contributed by atoms with van der Waals surface area (Å²) < 4.78 is 3.14. The zero-order valence-corrected chi connectivity index (χ0v) is 21.9. The molecule has 0 aliphatic rings. The van der Waals surface area contributed by atoms with Gasteiger partial charge in [0.15, 0.2) is 6.10 Å². The minimum Gasteiger partial charge on any atom is -0.387 e. The molecule has 0 saturated carbocycles. The Bertz CT molecular complexity index is 439. The smallest absolute Gasteiger partial charge is 0.152 e. The van der Waals surface area contributed by atoms with Crippen LogP contribution in [0.1, 0.15) is 26.7 Å². The van der Waals surface area contributed by atoms with Gasteiger partial charge in [-0.1, -0.05) is 13.8 Å². The minimum absolute atomic E-state index is 0.250. The molecule has 0 rings (SSSR count). The lowest BCUT2D eigenvalue weighted by Crippen LogP contribution is -2.58. The number of aliphatic hydroxyl groups excluding tert-OH is 3. The first-order chi connectivity index (χ1) is 13.4. The Morgan fingerprint density at radius 1 is 0.433 bits per heavy atom. The van der Waals surface area contributed by atoms with Crippen molar-refractivity contribution in [3.8, 4) is 0 Å². The second-order valence-corrected chi connectivity index (χ2v) is 12.1. The fourth-order valence-electron chi connectivity index (χ4n) is 4.05. The number of rotatable bonds is 16. The van der Waals surface area contributed by atoms with Crippen molar-refractivity contribution in [2.45, 2.75) is 45.0 Å². The average molecular weight is 437 g/mol. The van der Waals surface area contributed by atoms with E-state index in [1.807, 2.05) is 13.8 Å². The van der Waals surface area contributed by atoms with Gasteiger partial charge in [0.05, 0.1) is 56.4 Å². The monoisotopic (exact) mass is 436 g/mol. The van der Waals surface area contributed by atoms with Crippen LogP contribution in [0.15, 0.2) is 0 Å². The van der Waals surface area contributed by atoms with E-state index >= 15 is 0 Å². The van der Waals surface area contributed by atoms with E-state index in [0.717, 1.165) is 83.1 Å². The van der Waals surface area contributed by atoms with Crippen LogP contribution in [-0.2, 0) is 0 Å². The minimum atomic E-state index is -0.358. The summed E-state index contributed by atoms with van der Waals surface area (Å²) in [6.45, 7) is 10.9. The largest absolute Gasteiger partial charge is 0.387 e. The van der Waals surface area contributed by atoms with Gasteiger partial charge in [0, 0.05) is 0 Å². The maximum atomic E-state index is 10.8. The van der Waals surface area contributed by atoms with Gasteiger partial charge in [-0.2, -0.15) is 0 Å². The number of quaternary nitrogens is 4. The summed E-state index contributed by atoms with van der Waals surface area (Å²) in [5, 5.41) is 30.8. The van der Waals surface area contributed by atoms with E-state index in [-0.39, 0.29) is 18.3 Å². The fraction of sp³-hybridized carbons (Fsp3) is 1.00. The van der Waals surface area contributed by atoms with Crippen molar-refractivity contribution in [3.05, 3.63) is 0 Å². The summed E-state index contributed by atoms with van der Waals surface area (Å²) in [5.41, 5.74) is 0. The predicted octanol–water partition coefficient (Wildman–Crippen LogP) is 0.195. The highest BCUT2D eigenvalue weighted by atomic mass is 16.3. The molecule has 30 heavy (non-hydrogen) atoms. The zero-order valence-electron chi connectivity index (χ0n) is 21.9. The Morgan fingerprint density at radius 3 is 0.833 bits per heavy atom. The summed E-state index contributed by atoms with van der Waals surface area (Å²) >= 11 is 0. The van der Waals surface area contributed by atoms with Gasteiger partial charge in [0.25, 0.3) is 0 Å². The predicted molar refractivity (Wildman–Crippen MR) is 126 cm³/mol. The Labute approximate surface area is 187 Å². The van der Waals surface area contributed by atoms with Gasteiger partial charge in [-0.05, 0) is 12.8 Å². The average Bonchev–Trinajstić information content (AvgIpc) is 2.57. The molecule has 0 aliphatic carbocycles. The van der Waals surface area contributed by atoms with Crippen molar-refractivity contribution in [1.29, 1.82) is 0 Å². The van der Waals surface area contributed by atoms with Gasteiger partial charge in [0.1, 0.15) is 64.6 Å². The SMILES string of the molecule is CCC(O)C[N+](C)(C)CC[N+](C)(C)CC(O)C[N+](C)(C)CC[N+](C)(C)CC(O)CC. The molecular weight excluding hydrogens is 380 g/mol. The van der Waals surface area contributed by atoms with E-state index in [1.165, 1.54) is 0 Å². The molecule has 7 nitrogen and oxygen atoms in total. The molecule has 0 amide bonds. The molecular formula is C23H56N4O3+4. The normalized spacial score (nSPS) is 17.1. The highest BCUT2D eigenvalue weighted by molar-refractivity contribution is 4.55. The standard InChI is InChI=1S/C23H56N4O3/c1-11-21(28)17-24(3,4)13-15-26(7,8)19-23(30)20-27(9,10)16-14-25(5,6)18-22(29)12-2/h21-23,28-30H,11-20H2,1-10H3/q+4. The van der Waals surface area contributed by atoms with Crippen LogP contribution in [0.4, 0.5) is 0 Å². The summed E-state index contributed by atoms with van der Waals surface area (Å²) in [5.74, 6) is 0. The molecule has 0 spiro atoms. The number of nitrogens with zero attached hydrogens (tertiary/aromatic N) is 4. The molecule has 2 atom stereocenters. The second-order valence-electron chi connectivity index (χ2n) is 12.1. The van der Waals surface area contributed by atoms with Crippen molar-refractivity contribution in [2.24, 2.45) is 0 Å². The first kappa shape index (κ1) is 29.7. The van der Waals surface area contributed by atoms with Crippen LogP contribution in [-0.4, -0.2) is 160 Å². The molecule has 0 fully saturated rings. The number of hydrogen-bond acceptors (Lipinski definition) is 3. The molecule has 0 saturated heterocycles. The second kappa shape index (κ2) is 12.1. The first-order valence-electron chi connectivity index (χ1n) is 11.7. The van der Waals surface area contributed by atoms with Crippen molar-refractivity contribution < 1.29 is 33.3 Å². The van der Waals surface area contributed by atoms with E-state index in [9.17, 15) is 15.3 Å². The van der Waals surface area contributed by atoms with Crippen molar-refractivity contribution in [3.63, 3.8) is 0 Å². The van der Waals surface area contributed by atoms with Crippen LogP contribution < -0.4 is 0 Å². The van der Waals surface area contributed by atoms with Crippen molar-refractivity contribution >= 4 is 0 Å². The van der Waals surface area contributed by atoms with E-state index in [1.54, 1.807) is 0 Å². The fourth-order valence-corrected chi connectivity index (χ4v) is 4.05. The third-order valence-corrected chi connectivity index (χ3v) is 6.38. The lowest BCUT2D eigenvalue weighted by atomic mass is 10.2. The summed E-state index contributed by atoms with van der Waals surface area (Å²) in [6.07, 6.45) is 0.724. The van der Waals surface area contributed by atoms with Crippen LogP contribution in [0.3, 0.4) is 0 Å². The zero-order chi connectivity index (χ0) is 23.8. The molecule has 2 unspecified atom stereocenters. The Balaban J connectivity index is 4.60. The van der Waals surface area contributed by atoms with Crippen molar-refractivity contribution in [1.82, 2.24) is 0 Å². The van der Waals surface area contributed by atoms with Crippen molar-refractivity contribution in [2.75, 3.05) is 109 Å². The maximum absolute atomic E-state index is 10.8. The third-order valence-electron chi connectivity index (χ3n) is 6.38. The Morgan fingerprint density at radius 2 is 0.633 bits per heavy atom. The molecule has 3 N–H and O–H groups in total. The molecule has 0 aromatic carbocycles. The van der Waals surface area contributed by atoms with Crippen LogP contribution in [0.5, 0.6) is 0 Å². The highest BCUT2D eigenvalue weighted by Crippen LogP contribution is 2.10. The first-order valence-corrected chi connectivity index (χ1v) is 11.7. The molecule has 0 radical (unpaired) electrons. The van der Waals surface area contributed by atoms with Gasteiger partial charge in [-0.25, -0.2) is 0 Å². The van der Waals surface area contributed by atoms with Crippen LogP contribution in [0.2, 0.25) is 0 Å². The van der Waals surface area contributed by atoms with Gasteiger partial charge in [-0.3, -0.25) is 0 Å². The molecule has 0 heterocycles. The molecule has 182 valence electrons. The lowest BCUT2D eigenvalue weighted by molar-refractivity contribution is -0.959. The van der Waals surface area contributed by atoms with E-state index in [4.69, 9.17) is 0 Å². The Kier molecular flexibility index (Phi) is 12.0. The summed E-state index contributed by atoms with van der Waals surface area (Å²) in [4.78, 5) is 0. The van der Waals surface area contributed by atoms with Gasteiger partial charge < -0.3 is 33.3 Å². The molecule has 0 aromatic rings. The molecule has 0 aliphatic heterocycles. The van der Waals surface area contributed by atoms with Crippen LogP contribution >= 0.6 is 0 Å². The van der Waals surface area contributed by atoms with Crippen LogP contribution in [0.25, 0.3) is 0 Å². The molecule has 0 aromatic heterocycles. The van der Waals surface area contributed by atoms with Crippen LogP contribution in [0, 0.1) is 0 Å². The van der Waals surface area contributed by atoms with E-state index < -0.39 is 0 Å². The molecule has 0 bridgehead atoms. The topological polar surface area (TPSA) is 60.7 Å². The summed E-state index contributed by atoms with van der Waals surface area (Å²) in [6, 6.07) is 0. The quantitative estimate of drug-likeness (QED) is 0.303.